The van der Waals surface area contributed by atoms with Gasteiger partial charge in [0.25, 0.3) is 17.7 Å². The Bertz CT molecular complexity index is 1120. The lowest BCUT2D eigenvalue weighted by Gasteiger charge is -2.26. The number of hydrogen-bond donors (Lipinski definition) is 2. The predicted molar refractivity (Wildman–Crippen MR) is 138 cm³/mol. The Hall–Kier alpha value is -3.14. The number of amides is 3. The number of nitrogens with zero attached hydrogens (tertiary/aromatic N) is 2. The number of benzene rings is 2. The van der Waals surface area contributed by atoms with Crippen LogP contribution in [-0.4, -0.2) is 67.8 Å². The monoisotopic (exact) mass is 534 g/mol. The van der Waals surface area contributed by atoms with E-state index in [4.69, 9.17) is 32.7 Å². The fourth-order valence-corrected chi connectivity index (χ4v) is 3.83. The molecule has 0 aliphatic carbocycles. The van der Waals surface area contributed by atoms with Gasteiger partial charge in [-0.15, -0.1) is 0 Å². The van der Waals surface area contributed by atoms with Crippen LogP contribution >= 0.6 is 23.2 Å². The first-order chi connectivity index (χ1) is 17.3. The molecule has 1 atom stereocenters. The van der Waals surface area contributed by atoms with E-state index in [1.165, 1.54) is 6.21 Å². The highest BCUT2D eigenvalue weighted by Crippen LogP contribution is 2.22. The summed E-state index contributed by atoms with van der Waals surface area (Å²) in [7, 11) is 0. The van der Waals surface area contributed by atoms with Gasteiger partial charge in [-0.05, 0) is 36.2 Å². The van der Waals surface area contributed by atoms with E-state index in [2.05, 4.69) is 15.8 Å². The Balaban J connectivity index is 1.63. The number of morpholine rings is 1. The van der Waals surface area contributed by atoms with Gasteiger partial charge in [-0.25, -0.2) is 5.43 Å². The maximum Gasteiger partial charge on any atom is 0.262 e. The molecule has 0 spiro atoms. The Morgan fingerprint density at radius 1 is 1.14 bits per heavy atom. The van der Waals surface area contributed by atoms with Crippen molar-refractivity contribution < 1.29 is 23.9 Å². The summed E-state index contributed by atoms with van der Waals surface area (Å²) >= 11 is 12.2. The van der Waals surface area contributed by atoms with E-state index >= 15 is 0 Å². The van der Waals surface area contributed by atoms with E-state index in [1.54, 1.807) is 61.2 Å². The van der Waals surface area contributed by atoms with Crippen molar-refractivity contribution in [2.24, 2.45) is 11.0 Å². The van der Waals surface area contributed by atoms with Crippen LogP contribution in [0, 0.1) is 5.92 Å². The van der Waals surface area contributed by atoms with Crippen LogP contribution in [0.2, 0.25) is 10.0 Å². The third kappa shape index (κ3) is 7.68. The highest BCUT2D eigenvalue weighted by Gasteiger charge is 2.25. The van der Waals surface area contributed by atoms with Gasteiger partial charge in [0.1, 0.15) is 11.8 Å². The fourth-order valence-electron chi connectivity index (χ4n) is 3.43. The normalized spacial score (nSPS) is 14.5. The first-order valence-electron chi connectivity index (χ1n) is 11.4. The highest BCUT2D eigenvalue weighted by atomic mass is 35.5. The molecule has 1 aliphatic rings. The number of ether oxygens (including phenoxy) is 2. The molecular formula is C25H28Cl2N4O5. The van der Waals surface area contributed by atoms with Crippen molar-refractivity contribution in [1.82, 2.24) is 15.6 Å². The van der Waals surface area contributed by atoms with E-state index in [9.17, 15) is 14.4 Å². The molecule has 0 bridgehead atoms. The summed E-state index contributed by atoms with van der Waals surface area (Å²) in [5.41, 5.74) is 3.19. The molecule has 11 heteroatoms. The third-order valence-corrected chi connectivity index (χ3v) is 5.98. The van der Waals surface area contributed by atoms with Crippen LogP contribution in [0.4, 0.5) is 0 Å². The van der Waals surface area contributed by atoms with Gasteiger partial charge in [-0.1, -0.05) is 49.2 Å². The van der Waals surface area contributed by atoms with E-state index in [-0.39, 0.29) is 29.0 Å². The molecule has 0 aromatic heterocycles. The zero-order valence-corrected chi connectivity index (χ0v) is 21.5. The van der Waals surface area contributed by atoms with Crippen LogP contribution in [0.15, 0.2) is 47.6 Å². The average molecular weight is 535 g/mol. The van der Waals surface area contributed by atoms with Gasteiger partial charge < -0.3 is 19.7 Å². The Morgan fingerprint density at radius 2 is 1.86 bits per heavy atom. The molecule has 1 fully saturated rings. The molecule has 3 rings (SSSR count). The molecular weight excluding hydrogens is 507 g/mol. The summed E-state index contributed by atoms with van der Waals surface area (Å²) in [6.07, 6.45) is 1.37. The van der Waals surface area contributed by atoms with Gasteiger partial charge in [0.05, 0.1) is 30.0 Å². The van der Waals surface area contributed by atoms with Crippen LogP contribution in [0.25, 0.3) is 0 Å². The van der Waals surface area contributed by atoms with E-state index in [0.29, 0.717) is 42.6 Å². The lowest BCUT2D eigenvalue weighted by atomic mass is 10.0. The lowest BCUT2D eigenvalue weighted by Crippen LogP contribution is -2.48. The molecule has 3 amide bonds. The molecule has 0 saturated carbocycles. The minimum absolute atomic E-state index is 0.154. The maximum atomic E-state index is 12.8. The molecule has 2 N–H and O–H groups in total. The van der Waals surface area contributed by atoms with Crippen LogP contribution in [0.3, 0.4) is 0 Å². The second-order valence-electron chi connectivity index (χ2n) is 8.37. The predicted octanol–water partition coefficient (Wildman–Crippen LogP) is 3.14. The minimum Gasteiger partial charge on any atom is -0.483 e. The van der Waals surface area contributed by atoms with Gasteiger partial charge in [0.15, 0.2) is 6.61 Å². The molecule has 2 aromatic carbocycles. The van der Waals surface area contributed by atoms with E-state index in [1.807, 2.05) is 0 Å². The first kappa shape index (κ1) is 27.4. The molecule has 1 unspecified atom stereocenters. The van der Waals surface area contributed by atoms with Crippen molar-refractivity contribution in [1.29, 1.82) is 0 Å². The number of carbonyl (C=O) groups is 3. The lowest BCUT2D eigenvalue weighted by molar-refractivity contribution is -0.137. The Morgan fingerprint density at radius 3 is 2.56 bits per heavy atom. The summed E-state index contributed by atoms with van der Waals surface area (Å²) in [5.74, 6) is -0.963. The van der Waals surface area contributed by atoms with Crippen molar-refractivity contribution in [3.63, 3.8) is 0 Å². The molecule has 1 saturated heterocycles. The number of hydrazone groups is 1. The largest absolute Gasteiger partial charge is 0.483 e. The van der Waals surface area contributed by atoms with Crippen molar-refractivity contribution in [3.8, 4) is 5.75 Å². The van der Waals surface area contributed by atoms with Gasteiger partial charge >= 0.3 is 0 Å². The molecule has 2 aromatic rings. The number of rotatable bonds is 9. The maximum absolute atomic E-state index is 12.8. The van der Waals surface area contributed by atoms with Crippen LogP contribution < -0.4 is 15.5 Å². The molecule has 36 heavy (non-hydrogen) atoms. The SMILES string of the molecule is CC(C)C(NC(=O)c1ccccc1Cl)C(=O)NN=Cc1cc(Cl)ccc1OCC(=O)N1CCOCC1. The third-order valence-electron chi connectivity index (χ3n) is 5.42. The van der Waals surface area contributed by atoms with Crippen LogP contribution in [-0.2, 0) is 14.3 Å². The number of hydrogen-bond acceptors (Lipinski definition) is 6. The quantitative estimate of drug-likeness (QED) is 0.379. The Labute approximate surface area is 219 Å². The highest BCUT2D eigenvalue weighted by molar-refractivity contribution is 6.33. The van der Waals surface area contributed by atoms with Gasteiger partial charge in [-0.2, -0.15) is 5.10 Å². The van der Waals surface area contributed by atoms with Crippen molar-refractivity contribution in [2.45, 2.75) is 19.9 Å². The van der Waals surface area contributed by atoms with E-state index in [0.717, 1.165) is 0 Å². The second-order valence-corrected chi connectivity index (χ2v) is 9.22. The minimum atomic E-state index is -0.854. The zero-order chi connectivity index (χ0) is 26.1. The summed E-state index contributed by atoms with van der Waals surface area (Å²) in [6.45, 7) is 5.49. The average Bonchev–Trinajstić information content (AvgIpc) is 2.87. The van der Waals surface area contributed by atoms with Crippen molar-refractivity contribution in [2.75, 3.05) is 32.9 Å². The van der Waals surface area contributed by atoms with Crippen LogP contribution in [0.5, 0.6) is 5.75 Å². The smallest absolute Gasteiger partial charge is 0.262 e. The molecule has 0 radical (unpaired) electrons. The summed E-state index contributed by atoms with van der Waals surface area (Å²) < 4.78 is 11.0. The topological polar surface area (TPSA) is 109 Å². The standard InChI is InChI=1S/C25H28Cl2N4O5/c1-16(2)23(29-24(33)19-5-3-4-6-20(19)27)25(34)30-28-14-17-13-18(26)7-8-21(17)36-15-22(32)31-9-11-35-12-10-31/h3-8,13-14,16,23H,9-12,15H2,1-2H3,(H,29,33)(H,30,34). The molecule has 1 heterocycles. The first-order valence-corrected chi connectivity index (χ1v) is 12.2. The molecule has 192 valence electrons. The Kier molecular flexibility index (Phi) is 10.1. The summed E-state index contributed by atoms with van der Waals surface area (Å²) in [4.78, 5) is 39.5. The van der Waals surface area contributed by atoms with Gasteiger partial charge in [0.2, 0.25) is 0 Å². The number of carbonyl (C=O) groups excluding carboxylic acids is 3. The summed E-state index contributed by atoms with van der Waals surface area (Å²) in [5, 5.41) is 7.43. The summed E-state index contributed by atoms with van der Waals surface area (Å²) in [6, 6.07) is 10.6. The zero-order valence-electron chi connectivity index (χ0n) is 20.0. The van der Waals surface area contributed by atoms with E-state index < -0.39 is 17.9 Å². The fraction of sp³-hybridized carbons (Fsp3) is 0.360. The number of halogens is 2. The van der Waals surface area contributed by atoms with Crippen molar-refractivity contribution >= 4 is 47.1 Å². The number of nitrogens with one attached hydrogen (secondary N) is 2. The second kappa shape index (κ2) is 13.2. The molecule has 9 nitrogen and oxygen atoms in total. The van der Waals surface area contributed by atoms with Gasteiger partial charge in [-0.3, -0.25) is 14.4 Å². The van der Waals surface area contributed by atoms with Gasteiger partial charge in [0, 0.05) is 23.7 Å². The molecule has 1 aliphatic heterocycles. The van der Waals surface area contributed by atoms with Crippen molar-refractivity contribution in [3.05, 3.63) is 63.6 Å². The van der Waals surface area contributed by atoms with Crippen LogP contribution in [0.1, 0.15) is 29.8 Å².